The maximum Gasteiger partial charge on any atom is 0.251 e. The van der Waals surface area contributed by atoms with E-state index in [2.05, 4.69) is 17.1 Å². The molecule has 1 aromatic rings. The molecule has 0 aliphatic carbocycles. The number of nitrogens with zero attached hydrogens (tertiary/aromatic N) is 3. The lowest BCUT2D eigenvalue weighted by atomic mass is 10.1. The number of carbonyl (C=O) groups is 1. The van der Waals surface area contributed by atoms with Gasteiger partial charge in [-0.05, 0) is 50.3 Å². The third-order valence-corrected chi connectivity index (χ3v) is 5.21. The average molecular weight is 391 g/mol. The Morgan fingerprint density at radius 1 is 1.29 bits per heavy atom. The number of hydrogen-bond acceptors (Lipinski definition) is 3. The highest BCUT2D eigenvalue weighted by Gasteiger charge is 2.30. The van der Waals surface area contributed by atoms with Gasteiger partial charge in [0.15, 0.2) is 5.96 Å². The first-order chi connectivity index (χ1) is 13.7. The molecule has 2 aliphatic rings. The molecule has 2 saturated heterocycles. The van der Waals surface area contributed by atoms with Gasteiger partial charge in [-0.25, -0.2) is 4.39 Å². The van der Waals surface area contributed by atoms with Gasteiger partial charge in [0, 0.05) is 45.9 Å². The molecule has 2 fully saturated rings. The number of amides is 1. The SMILES string of the molecule is CCNC(=NCCCc1cccc(F)c1)N1CCN(C(=O)C2CCCO2)CC1. The number of rotatable bonds is 6. The molecule has 0 spiro atoms. The highest BCUT2D eigenvalue weighted by molar-refractivity contribution is 5.82. The number of carbonyl (C=O) groups excluding carboxylic acids is 1. The second kappa shape index (κ2) is 10.4. The third kappa shape index (κ3) is 5.67. The summed E-state index contributed by atoms with van der Waals surface area (Å²) < 4.78 is 18.8. The minimum Gasteiger partial charge on any atom is -0.368 e. The summed E-state index contributed by atoms with van der Waals surface area (Å²) in [4.78, 5) is 21.3. The monoisotopic (exact) mass is 390 g/mol. The Morgan fingerprint density at radius 3 is 2.75 bits per heavy atom. The molecule has 0 bridgehead atoms. The fourth-order valence-corrected chi connectivity index (χ4v) is 3.70. The van der Waals surface area contributed by atoms with Crippen molar-refractivity contribution in [2.24, 2.45) is 4.99 Å². The summed E-state index contributed by atoms with van der Waals surface area (Å²) in [7, 11) is 0. The molecule has 1 unspecified atom stereocenters. The van der Waals surface area contributed by atoms with E-state index in [1.807, 2.05) is 11.0 Å². The maximum atomic E-state index is 13.3. The average Bonchev–Trinajstić information content (AvgIpc) is 3.25. The largest absolute Gasteiger partial charge is 0.368 e. The van der Waals surface area contributed by atoms with Crippen molar-refractivity contribution in [1.82, 2.24) is 15.1 Å². The van der Waals surface area contributed by atoms with Gasteiger partial charge in [-0.3, -0.25) is 9.79 Å². The van der Waals surface area contributed by atoms with Gasteiger partial charge in [-0.2, -0.15) is 0 Å². The number of aryl methyl sites for hydroxylation is 1. The molecule has 0 radical (unpaired) electrons. The van der Waals surface area contributed by atoms with Crippen molar-refractivity contribution in [3.8, 4) is 0 Å². The van der Waals surface area contributed by atoms with Crippen molar-refractivity contribution in [3.63, 3.8) is 0 Å². The molecule has 2 aliphatic heterocycles. The van der Waals surface area contributed by atoms with Gasteiger partial charge in [0.05, 0.1) is 0 Å². The van der Waals surface area contributed by atoms with Crippen LogP contribution >= 0.6 is 0 Å². The van der Waals surface area contributed by atoms with Crippen LogP contribution in [-0.4, -0.2) is 73.6 Å². The summed E-state index contributed by atoms with van der Waals surface area (Å²) in [5.74, 6) is 0.838. The Labute approximate surface area is 166 Å². The second-order valence-corrected chi connectivity index (χ2v) is 7.28. The minimum atomic E-state index is -0.240. The predicted octanol–water partition coefficient (Wildman–Crippen LogP) is 2.05. The molecule has 3 rings (SSSR count). The summed E-state index contributed by atoms with van der Waals surface area (Å²) >= 11 is 0. The summed E-state index contributed by atoms with van der Waals surface area (Å²) in [6.45, 7) is 7.19. The van der Waals surface area contributed by atoms with Crippen LogP contribution in [0.5, 0.6) is 0 Å². The van der Waals surface area contributed by atoms with E-state index in [1.165, 1.54) is 6.07 Å². The Hall–Kier alpha value is -2.15. The van der Waals surface area contributed by atoms with Crippen LogP contribution in [0.3, 0.4) is 0 Å². The highest BCUT2D eigenvalue weighted by Crippen LogP contribution is 2.16. The van der Waals surface area contributed by atoms with E-state index in [1.54, 1.807) is 12.1 Å². The summed E-state index contributed by atoms with van der Waals surface area (Å²) in [6.07, 6.45) is 3.26. The standard InChI is InChI=1S/C21H31FN4O2/c1-2-23-21(24-10-4-7-17-6-3-8-18(22)16-17)26-13-11-25(12-14-26)20(27)19-9-5-15-28-19/h3,6,8,16,19H,2,4-5,7,9-15H2,1H3,(H,23,24). The smallest absolute Gasteiger partial charge is 0.251 e. The van der Waals surface area contributed by atoms with Crippen LogP contribution in [0.15, 0.2) is 29.3 Å². The van der Waals surface area contributed by atoms with Gasteiger partial charge in [0.2, 0.25) is 0 Å². The van der Waals surface area contributed by atoms with Gasteiger partial charge < -0.3 is 19.9 Å². The van der Waals surface area contributed by atoms with E-state index >= 15 is 0 Å². The maximum absolute atomic E-state index is 13.3. The first-order valence-corrected chi connectivity index (χ1v) is 10.4. The molecule has 154 valence electrons. The van der Waals surface area contributed by atoms with Crippen LogP contribution in [-0.2, 0) is 16.0 Å². The van der Waals surface area contributed by atoms with Crippen LogP contribution in [0.2, 0.25) is 0 Å². The third-order valence-electron chi connectivity index (χ3n) is 5.21. The van der Waals surface area contributed by atoms with Gasteiger partial charge in [0.1, 0.15) is 11.9 Å². The number of benzene rings is 1. The zero-order valence-corrected chi connectivity index (χ0v) is 16.7. The molecule has 1 atom stereocenters. The normalized spacial score (nSPS) is 20.5. The number of aliphatic imine (C=N–C) groups is 1. The molecule has 2 heterocycles. The molecular weight excluding hydrogens is 359 g/mol. The molecule has 1 N–H and O–H groups in total. The van der Waals surface area contributed by atoms with Crippen molar-refractivity contribution < 1.29 is 13.9 Å². The Morgan fingerprint density at radius 2 is 2.07 bits per heavy atom. The van der Waals surface area contributed by atoms with Crippen molar-refractivity contribution in [3.05, 3.63) is 35.6 Å². The number of nitrogens with one attached hydrogen (secondary N) is 1. The van der Waals surface area contributed by atoms with E-state index in [0.29, 0.717) is 26.2 Å². The molecule has 0 aromatic heterocycles. The number of halogens is 1. The van der Waals surface area contributed by atoms with Crippen LogP contribution < -0.4 is 5.32 Å². The minimum absolute atomic E-state index is 0.134. The van der Waals surface area contributed by atoms with E-state index in [0.717, 1.165) is 56.8 Å². The quantitative estimate of drug-likeness (QED) is 0.459. The topological polar surface area (TPSA) is 57.2 Å². The van der Waals surface area contributed by atoms with Gasteiger partial charge >= 0.3 is 0 Å². The predicted molar refractivity (Wildman–Crippen MR) is 108 cm³/mol. The lowest BCUT2D eigenvalue weighted by molar-refractivity contribution is -0.142. The van der Waals surface area contributed by atoms with E-state index in [9.17, 15) is 9.18 Å². The number of guanidine groups is 1. The molecule has 6 nitrogen and oxygen atoms in total. The van der Waals surface area contributed by atoms with E-state index < -0.39 is 0 Å². The second-order valence-electron chi connectivity index (χ2n) is 7.28. The fraction of sp³-hybridized carbons (Fsp3) is 0.619. The Bertz CT molecular complexity index is 668. The van der Waals surface area contributed by atoms with Crippen molar-refractivity contribution >= 4 is 11.9 Å². The first-order valence-electron chi connectivity index (χ1n) is 10.4. The zero-order chi connectivity index (χ0) is 19.8. The summed E-state index contributed by atoms with van der Waals surface area (Å²) in [6, 6.07) is 6.74. The number of piperazine rings is 1. The van der Waals surface area contributed by atoms with Crippen molar-refractivity contribution in [2.45, 2.75) is 38.7 Å². The van der Waals surface area contributed by atoms with Crippen molar-refractivity contribution in [2.75, 3.05) is 45.9 Å². The Balaban J connectivity index is 1.47. The Kier molecular flexibility index (Phi) is 7.65. The molecule has 1 amide bonds. The lowest BCUT2D eigenvalue weighted by Gasteiger charge is -2.37. The molecule has 28 heavy (non-hydrogen) atoms. The van der Waals surface area contributed by atoms with E-state index in [4.69, 9.17) is 9.73 Å². The van der Waals surface area contributed by atoms with Crippen LogP contribution in [0, 0.1) is 5.82 Å². The zero-order valence-electron chi connectivity index (χ0n) is 16.7. The molecule has 1 aromatic carbocycles. The summed E-state index contributed by atoms with van der Waals surface area (Å²) in [5.41, 5.74) is 1.00. The summed E-state index contributed by atoms with van der Waals surface area (Å²) in [5, 5.41) is 3.35. The van der Waals surface area contributed by atoms with Crippen LogP contribution in [0.4, 0.5) is 4.39 Å². The molecule has 0 saturated carbocycles. The highest BCUT2D eigenvalue weighted by atomic mass is 19.1. The van der Waals surface area contributed by atoms with Gasteiger partial charge in [-0.15, -0.1) is 0 Å². The van der Waals surface area contributed by atoms with Crippen molar-refractivity contribution in [1.29, 1.82) is 0 Å². The fourth-order valence-electron chi connectivity index (χ4n) is 3.70. The molecule has 7 heteroatoms. The van der Waals surface area contributed by atoms with Crippen LogP contribution in [0.1, 0.15) is 31.7 Å². The van der Waals surface area contributed by atoms with E-state index in [-0.39, 0.29) is 17.8 Å². The van der Waals surface area contributed by atoms with Gasteiger partial charge in [-0.1, -0.05) is 12.1 Å². The lowest BCUT2D eigenvalue weighted by Crippen LogP contribution is -2.55. The molecular formula is C21H31FN4O2. The number of ether oxygens (including phenoxy) is 1. The van der Waals surface area contributed by atoms with Crippen LogP contribution in [0.25, 0.3) is 0 Å². The number of hydrogen-bond donors (Lipinski definition) is 1. The first kappa shape index (κ1) is 20.6. The van der Waals surface area contributed by atoms with Gasteiger partial charge in [0.25, 0.3) is 5.91 Å².